The third-order valence-corrected chi connectivity index (χ3v) is 3.33. The van der Waals surface area contributed by atoms with Crippen molar-refractivity contribution in [2.75, 3.05) is 26.1 Å². The van der Waals surface area contributed by atoms with Crippen LogP contribution in [0.4, 0.5) is 5.69 Å². The van der Waals surface area contributed by atoms with Gasteiger partial charge in [0.2, 0.25) is 0 Å². The normalized spacial score (nSPS) is 10.4. The number of anilines is 1. The Kier molecular flexibility index (Phi) is 6.61. The average molecular weight is 357 g/mol. The summed E-state index contributed by atoms with van der Waals surface area (Å²) in [5.41, 5.74) is 1.21. The van der Waals surface area contributed by atoms with E-state index in [1.54, 1.807) is 43.5 Å². The highest BCUT2D eigenvalue weighted by Gasteiger charge is 2.06. The van der Waals surface area contributed by atoms with Gasteiger partial charge in [0.25, 0.3) is 5.91 Å². The van der Waals surface area contributed by atoms with Crippen LogP contribution in [0.5, 0.6) is 17.2 Å². The van der Waals surface area contributed by atoms with Crippen LogP contribution < -0.4 is 14.8 Å². The molecular formula is C19H19NO6. The molecular weight excluding hydrogens is 338 g/mol. The van der Waals surface area contributed by atoms with Gasteiger partial charge < -0.3 is 24.6 Å². The second-order valence-corrected chi connectivity index (χ2v) is 5.15. The molecule has 2 aromatic carbocycles. The van der Waals surface area contributed by atoms with Gasteiger partial charge in [-0.25, -0.2) is 4.79 Å². The maximum atomic E-state index is 11.8. The maximum absolute atomic E-state index is 11.8. The summed E-state index contributed by atoms with van der Waals surface area (Å²) in [5, 5.41) is 12.1. The highest BCUT2D eigenvalue weighted by molar-refractivity contribution is 5.94. The summed E-state index contributed by atoms with van der Waals surface area (Å²) < 4.78 is 14.9. The van der Waals surface area contributed by atoms with Crippen molar-refractivity contribution in [1.29, 1.82) is 0 Å². The Bertz CT molecular complexity index is 798. The molecule has 0 unspecified atom stereocenters. The largest absolute Gasteiger partial charge is 0.504 e. The van der Waals surface area contributed by atoms with Crippen LogP contribution in [0.25, 0.3) is 6.08 Å². The monoisotopic (exact) mass is 357 g/mol. The second kappa shape index (κ2) is 9.12. The van der Waals surface area contributed by atoms with Gasteiger partial charge >= 0.3 is 5.97 Å². The Labute approximate surface area is 150 Å². The van der Waals surface area contributed by atoms with Crippen molar-refractivity contribution in [3.8, 4) is 17.2 Å². The molecule has 136 valence electrons. The molecule has 7 nitrogen and oxygen atoms in total. The molecule has 0 aliphatic carbocycles. The number of carbonyl (C=O) groups excluding carboxylic acids is 2. The standard InChI is InChI=1S/C19H19NO6/c1-24-15-7-5-14(6-8-15)20-18(22)12-26-19(23)10-4-13-3-9-16(21)17(11-13)25-2/h3-11,21H,12H2,1-2H3,(H,20,22)/b10-4+. The number of ether oxygens (including phenoxy) is 3. The van der Waals surface area contributed by atoms with E-state index in [-0.39, 0.29) is 5.75 Å². The molecule has 0 fully saturated rings. The zero-order valence-electron chi connectivity index (χ0n) is 14.4. The fourth-order valence-corrected chi connectivity index (χ4v) is 2.02. The zero-order valence-corrected chi connectivity index (χ0v) is 14.4. The quantitative estimate of drug-likeness (QED) is 0.584. The van der Waals surface area contributed by atoms with E-state index in [0.717, 1.165) is 0 Å². The van der Waals surface area contributed by atoms with Crippen molar-refractivity contribution in [1.82, 2.24) is 0 Å². The molecule has 0 atom stereocenters. The number of hydrogen-bond donors (Lipinski definition) is 2. The van der Waals surface area contributed by atoms with Crippen LogP contribution in [0.15, 0.2) is 48.5 Å². The van der Waals surface area contributed by atoms with Crippen LogP contribution in [-0.2, 0) is 14.3 Å². The van der Waals surface area contributed by atoms with Gasteiger partial charge in [-0.3, -0.25) is 4.79 Å². The van der Waals surface area contributed by atoms with Gasteiger partial charge in [0.1, 0.15) is 5.75 Å². The van der Waals surface area contributed by atoms with E-state index < -0.39 is 18.5 Å². The van der Waals surface area contributed by atoms with Gasteiger partial charge in [-0.05, 0) is 48.0 Å². The fourth-order valence-electron chi connectivity index (χ4n) is 2.02. The molecule has 2 N–H and O–H groups in total. The first kappa shape index (κ1) is 18.9. The van der Waals surface area contributed by atoms with Crippen molar-refractivity contribution in [3.63, 3.8) is 0 Å². The van der Waals surface area contributed by atoms with Crippen LogP contribution in [0.2, 0.25) is 0 Å². The number of esters is 1. The fraction of sp³-hybridized carbons (Fsp3) is 0.158. The zero-order chi connectivity index (χ0) is 18.9. The van der Waals surface area contributed by atoms with Gasteiger partial charge in [-0.15, -0.1) is 0 Å². The third kappa shape index (κ3) is 5.55. The van der Waals surface area contributed by atoms with Crippen LogP contribution >= 0.6 is 0 Å². The lowest BCUT2D eigenvalue weighted by molar-refractivity contribution is -0.142. The Hall–Kier alpha value is -3.48. The number of aromatic hydroxyl groups is 1. The first-order chi connectivity index (χ1) is 12.5. The molecule has 0 spiro atoms. The maximum Gasteiger partial charge on any atom is 0.331 e. The number of amides is 1. The summed E-state index contributed by atoms with van der Waals surface area (Å²) in [5.74, 6) is -0.155. The van der Waals surface area contributed by atoms with E-state index in [9.17, 15) is 14.7 Å². The Morgan fingerprint density at radius 1 is 1.08 bits per heavy atom. The Balaban J connectivity index is 1.82. The summed E-state index contributed by atoms with van der Waals surface area (Å²) >= 11 is 0. The second-order valence-electron chi connectivity index (χ2n) is 5.15. The molecule has 0 radical (unpaired) electrons. The molecule has 2 aromatic rings. The highest BCUT2D eigenvalue weighted by Crippen LogP contribution is 2.26. The number of methoxy groups -OCH3 is 2. The minimum absolute atomic E-state index is 0.00225. The van der Waals surface area contributed by atoms with Crippen molar-refractivity contribution >= 4 is 23.6 Å². The van der Waals surface area contributed by atoms with Crippen molar-refractivity contribution in [3.05, 3.63) is 54.1 Å². The molecule has 0 bridgehead atoms. The third-order valence-electron chi connectivity index (χ3n) is 3.33. The van der Waals surface area contributed by atoms with Crippen molar-refractivity contribution < 1.29 is 28.9 Å². The lowest BCUT2D eigenvalue weighted by Gasteiger charge is -2.06. The van der Waals surface area contributed by atoms with Gasteiger partial charge in [0.05, 0.1) is 14.2 Å². The summed E-state index contributed by atoms with van der Waals surface area (Å²) in [4.78, 5) is 23.5. The Morgan fingerprint density at radius 2 is 1.81 bits per heavy atom. The number of hydrogen-bond acceptors (Lipinski definition) is 6. The lowest BCUT2D eigenvalue weighted by Crippen LogP contribution is -2.20. The summed E-state index contributed by atoms with van der Waals surface area (Å²) in [7, 11) is 2.98. The van der Waals surface area contributed by atoms with E-state index in [1.165, 1.54) is 25.3 Å². The molecule has 26 heavy (non-hydrogen) atoms. The minimum Gasteiger partial charge on any atom is -0.504 e. The molecule has 0 aliphatic rings. The first-order valence-corrected chi connectivity index (χ1v) is 7.67. The van der Waals surface area contributed by atoms with E-state index >= 15 is 0 Å². The molecule has 0 saturated carbocycles. The number of phenols is 1. The molecule has 7 heteroatoms. The minimum atomic E-state index is -0.665. The molecule has 0 aromatic heterocycles. The number of carbonyl (C=O) groups is 2. The molecule has 0 heterocycles. The first-order valence-electron chi connectivity index (χ1n) is 7.67. The van der Waals surface area contributed by atoms with Crippen LogP contribution in [0, 0.1) is 0 Å². The van der Waals surface area contributed by atoms with Gasteiger partial charge in [0, 0.05) is 11.8 Å². The predicted octanol–water partition coefficient (Wildman–Crippen LogP) is 2.60. The average Bonchev–Trinajstić information content (AvgIpc) is 2.66. The van der Waals surface area contributed by atoms with E-state index in [4.69, 9.17) is 14.2 Å². The van der Waals surface area contributed by atoms with Crippen molar-refractivity contribution in [2.45, 2.75) is 0 Å². The summed E-state index contributed by atoms with van der Waals surface area (Å²) in [6.45, 7) is -0.409. The van der Waals surface area contributed by atoms with Crippen LogP contribution in [0.1, 0.15) is 5.56 Å². The van der Waals surface area contributed by atoms with E-state index in [0.29, 0.717) is 22.7 Å². The Morgan fingerprint density at radius 3 is 2.46 bits per heavy atom. The van der Waals surface area contributed by atoms with Crippen LogP contribution in [0.3, 0.4) is 0 Å². The smallest absolute Gasteiger partial charge is 0.331 e. The molecule has 0 saturated heterocycles. The topological polar surface area (TPSA) is 94.1 Å². The van der Waals surface area contributed by atoms with Gasteiger partial charge in [-0.1, -0.05) is 6.07 Å². The summed E-state index contributed by atoms with van der Waals surface area (Å²) in [6, 6.07) is 11.4. The van der Waals surface area contributed by atoms with Crippen LogP contribution in [-0.4, -0.2) is 37.8 Å². The predicted molar refractivity (Wildman–Crippen MR) is 96.3 cm³/mol. The summed E-state index contributed by atoms with van der Waals surface area (Å²) in [6.07, 6.45) is 2.68. The van der Waals surface area contributed by atoms with Gasteiger partial charge in [0.15, 0.2) is 18.1 Å². The van der Waals surface area contributed by atoms with E-state index in [2.05, 4.69) is 5.32 Å². The highest BCUT2D eigenvalue weighted by atomic mass is 16.5. The SMILES string of the molecule is COc1ccc(NC(=O)COC(=O)/C=C/c2ccc(O)c(OC)c2)cc1. The number of benzene rings is 2. The number of nitrogens with one attached hydrogen (secondary N) is 1. The number of rotatable bonds is 7. The van der Waals surface area contributed by atoms with Crippen molar-refractivity contribution in [2.24, 2.45) is 0 Å². The molecule has 0 aliphatic heterocycles. The van der Waals surface area contributed by atoms with Gasteiger partial charge in [-0.2, -0.15) is 0 Å². The lowest BCUT2D eigenvalue weighted by atomic mass is 10.2. The van der Waals surface area contributed by atoms with E-state index in [1.807, 2.05) is 0 Å². The number of phenolic OH excluding ortho intramolecular Hbond substituents is 1. The molecule has 2 rings (SSSR count). The molecule has 1 amide bonds.